The van der Waals surface area contributed by atoms with E-state index in [1.165, 1.54) is 17.5 Å². The molecular formula is C17H10F3N3OS. The van der Waals surface area contributed by atoms with Crippen LogP contribution in [0.3, 0.4) is 0 Å². The van der Waals surface area contributed by atoms with Crippen LogP contribution in [0.5, 0.6) is 5.88 Å². The molecular weight excluding hydrogens is 351 g/mol. The maximum absolute atomic E-state index is 13.0. The highest BCUT2D eigenvalue weighted by molar-refractivity contribution is 7.14. The third-order valence-corrected chi connectivity index (χ3v) is 4.68. The van der Waals surface area contributed by atoms with E-state index >= 15 is 0 Å². The quantitative estimate of drug-likeness (QED) is 0.555. The van der Waals surface area contributed by atoms with Gasteiger partial charge in [0.2, 0.25) is 5.88 Å². The highest BCUT2D eigenvalue weighted by Crippen LogP contribution is 2.36. The fourth-order valence-electron chi connectivity index (χ4n) is 2.53. The summed E-state index contributed by atoms with van der Waals surface area (Å²) in [4.78, 5) is 4.37. The molecule has 0 atom stereocenters. The SMILES string of the molecule is Oc1cc(C(F)(F)F)nc2c(-c3cc(-c4ccccc4)cs3)cnn12. The predicted octanol–water partition coefficient (Wildman–Crippen LogP) is 4.85. The first-order valence-electron chi connectivity index (χ1n) is 7.23. The van der Waals surface area contributed by atoms with E-state index in [2.05, 4.69) is 10.1 Å². The average Bonchev–Trinajstić information content (AvgIpc) is 3.21. The molecule has 0 saturated heterocycles. The van der Waals surface area contributed by atoms with Crippen LogP contribution in [0, 0.1) is 0 Å². The third-order valence-electron chi connectivity index (χ3n) is 3.72. The van der Waals surface area contributed by atoms with Gasteiger partial charge in [-0.15, -0.1) is 11.3 Å². The van der Waals surface area contributed by atoms with Gasteiger partial charge in [-0.2, -0.15) is 22.8 Å². The lowest BCUT2D eigenvalue weighted by atomic mass is 10.1. The fraction of sp³-hybridized carbons (Fsp3) is 0.0588. The number of benzene rings is 1. The van der Waals surface area contributed by atoms with Crippen LogP contribution >= 0.6 is 11.3 Å². The van der Waals surface area contributed by atoms with Crippen LogP contribution in [0.1, 0.15) is 5.69 Å². The first-order valence-corrected chi connectivity index (χ1v) is 8.11. The van der Waals surface area contributed by atoms with E-state index in [4.69, 9.17) is 0 Å². The van der Waals surface area contributed by atoms with E-state index < -0.39 is 17.8 Å². The summed E-state index contributed by atoms with van der Waals surface area (Å²) in [6.07, 6.45) is -3.24. The number of aromatic nitrogens is 3. The van der Waals surface area contributed by atoms with Gasteiger partial charge in [-0.3, -0.25) is 0 Å². The minimum Gasteiger partial charge on any atom is -0.493 e. The van der Waals surface area contributed by atoms with Crippen LogP contribution in [-0.2, 0) is 6.18 Å². The Morgan fingerprint density at radius 2 is 1.80 bits per heavy atom. The molecule has 0 unspecified atom stereocenters. The van der Waals surface area contributed by atoms with Gasteiger partial charge in [0.05, 0.1) is 11.8 Å². The summed E-state index contributed by atoms with van der Waals surface area (Å²) in [6, 6.07) is 12.1. The van der Waals surface area contributed by atoms with Gasteiger partial charge >= 0.3 is 6.18 Å². The largest absolute Gasteiger partial charge is 0.493 e. The Morgan fingerprint density at radius 3 is 2.52 bits per heavy atom. The Hall–Kier alpha value is -2.87. The zero-order valence-electron chi connectivity index (χ0n) is 12.5. The summed E-state index contributed by atoms with van der Waals surface area (Å²) in [7, 11) is 0. The van der Waals surface area contributed by atoms with Crippen LogP contribution in [0.15, 0.2) is 54.0 Å². The molecule has 0 bridgehead atoms. The van der Waals surface area contributed by atoms with Crippen molar-refractivity contribution in [2.24, 2.45) is 0 Å². The van der Waals surface area contributed by atoms with Crippen molar-refractivity contribution in [2.45, 2.75) is 6.18 Å². The lowest BCUT2D eigenvalue weighted by molar-refractivity contribution is -0.141. The van der Waals surface area contributed by atoms with E-state index in [1.807, 2.05) is 41.8 Å². The molecule has 0 fully saturated rings. The van der Waals surface area contributed by atoms with Crippen molar-refractivity contribution in [3.8, 4) is 27.4 Å². The van der Waals surface area contributed by atoms with E-state index in [0.29, 0.717) is 11.6 Å². The number of nitrogens with zero attached hydrogens (tertiary/aromatic N) is 3. The smallest absolute Gasteiger partial charge is 0.433 e. The van der Waals surface area contributed by atoms with Gasteiger partial charge in [0.25, 0.3) is 0 Å². The standard InChI is InChI=1S/C17H10F3N3OS/c18-17(19,20)14-7-15(24)23-16(22-14)12(8-21-23)13-6-11(9-25-13)10-4-2-1-3-5-10/h1-9,24H. The Balaban J connectivity index is 1.85. The van der Waals surface area contributed by atoms with Crippen molar-refractivity contribution in [2.75, 3.05) is 0 Å². The van der Waals surface area contributed by atoms with E-state index in [9.17, 15) is 18.3 Å². The van der Waals surface area contributed by atoms with E-state index in [-0.39, 0.29) is 5.65 Å². The van der Waals surface area contributed by atoms with Crippen molar-refractivity contribution in [3.05, 3.63) is 59.7 Å². The summed E-state index contributed by atoms with van der Waals surface area (Å²) in [5.41, 5.74) is 1.21. The molecule has 8 heteroatoms. The molecule has 1 aromatic carbocycles. The third kappa shape index (κ3) is 2.74. The summed E-state index contributed by atoms with van der Waals surface area (Å²) >= 11 is 1.38. The molecule has 3 heterocycles. The molecule has 0 radical (unpaired) electrons. The number of hydrogen-bond acceptors (Lipinski definition) is 4. The Bertz CT molecular complexity index is 1050. The van der Waals surface area contributed by atoms with Crippen molar-refractivity contribution >= 4 is 17.0 Å². The number of rotatable bonds is 2. The summed E-state index contributed by atoms with van der Waals surface area (Å²) in [5, 5.41) is 15.7. The van der Waals surface area contributed by atoms with Crippen LogP contribution < -0.4 is 0 Å². The van der Waals surface area contributed by atoms with Crippen LogP contribution in [0.2, 0.25) is 0 Å². The van der Waals surface area contributed by atoms with Gasteiger partial charge in [-0.05, 0) is 22.6 Å². The van der Waals surface area contributed by atoms with E-state index in [0.717, 1.165) is 20.5 Å². The first-order chi connectivity index (χ1) is 11.9. The van der Waals surface area contributed by atoms with Crippen LogP contribution in [0.4, 0.5) is 13.2 Å². The zero-order valence-corrected chi connectivity index (χ0v) is 13.3. The van der Waals surface area contributed by atoms with Gasteiger partial charge in [0.15, 0.2) is 11.3 Å². The topological polar surface area (TPSA) is 50.4 Å². The van der Waals surface area contributed by atoms with Crippen LogP contribution in [0.25, 0.3) is 27.2 Å². The van der Waals surface area contributed by atoms with E-state index in [1.54, 1.807) is 0 Å². The molecule has 4 nitrogen and oxygen atoms in total. The maximum atomic E-state index is 13.0. The minimum atomic E-state index is -4.65. The van der Waals surface area contributed by atoms with Crippen molar-refractivity contribution in [1.29, 1.82) is 0 Å². The van der Waals surface area contributed by atoms with Gasteiger partial charge in [-0.1, -0.05) is 30.3 Å². The lowest BCUT2D eigenvalue weighted by Crippen LogP contribution is -2.09. The second-order valence-electron chi connectivity index (χ2n) is 5.36. The Labute approximate surface area is 143 Å². The normalized spacial score (nSPS) is 12.0. The predicted molar refractivity (Wildman–Crippen MR) is 88.4 cm³/mol. The second kappa shape index (κ2) is 5.59. The lowest BCUT2D eigenvalue weighted by Gasteiger charge is -2.07. The molecule has 0 aliphatic rings. The Morgan fingerprint density at radius 1 is 1.04 bits per heavy atom. The number of fused-ring (bicyclic) bond motifs is 1. The summed E-state index contributed by atoms with van der Waals surface area (Å²) < 4.78 is 39.9. The number of halogens is 3. The first kappa shape index (κ1) is 15.6. The minimum absolute atomic E-state index is 0.0335. The molecule has 4 rings (SSSR count). The molecule has 0 saturated carbocycles. The molecule has 1 N–H and O–H groups in total. The number of thiophene rings is 1. The number of hydrogen-bond donors (Lipinski definition) is 1. The van der Waals surface area contributed by atoms with Crippen molar-refractivity contribution in [1.82, 2.24) is 14.6 Å². The molecule has 4 aromatic rings. The highest BCUT2D eigenvalue weighted by atomic mass is 32.1. The number of aromatic hydroxyl groups is 1. The number of alkyl halides is 3. The van der Waals surface area contributed by atoms with Gasteiger partial charge in [-0.25, -0.2) is 4.98 Å². The monoisotopic (exact) mass is 361 g/mol. The Kier molecular flexibility index (Phi) is 3.50. The summed E-state index contributed by atoms with van der Waals surface area (Å²) in [6.45, 7) is 0. The molecule has 0 amide bonds. The van der Waals surface area contributed by atoms with Gasteiger partial charge in [0.1, 0.15) is 0 Å². The molecule has 126 valence electrons. The zero-order chi connectivity index (χ0) is 17.6. The molecule has 0 aliphatic heterocycles. The highest BCUT2D eigenvalue weighted by Gasteiger charge is 2.34. The summed E-state index contributed by atoms with van der Waals surface area (Å²) in [5.74, 6) is -0.608. The molecule has 25 heavy (non-hydrogen) atoms. The average molecular weight is 361 g/mol. The fourth-order valence-corrected chi connectivity index (χ4v) is 3.45. The maximum Gasteiger partial charge on any atom is 0.433 e. The van der Waals surface area contributed by atoms with Crippen molar-refractivity contribution < 1.29 is 18.3 Å². The van der Waals surface area contributed by atoms with Crippen LogP contribution in [-0.4, -0.2) is 19.7 Å². The molecule has 0 aliphatic carbocycles. The van der Waals surface area contributed by atoms with Gasteiger partial charge < -0.3 is 5.11 Å². The van der Waals surface area contributed by atoms with Gasteiger partial charge in [0, 0.05) is 10.9 Å². The molecule has 0 spiro atoms. The second-order valence-corrected chi connectivity index (χ2v) is 6.27. The molecule has 3 aromatic heterocycles. The van der Waals surface area contributed by atoms with Crippen molar-refractivity contribution in [3.63, 3.8) is 0 Å².